The second-order valence-electron chi connectivity index (χ2n) is 5.30. The van der Waals surface area contributed by atoms with Crippen LogP contribution in [0.5, 0.6) is 0 Å². The lowest BCUT2D eigenvalue weighted by Crippen LogP contribution is -2.31. The molecule has 1 aliphatic heterocycles. The second kappa shape index (κ2) is 5.79. The first-order valence-corrected chi connectivity index (χ1v) is 8.12. The fourth-order valence-electron chi connectivity index (χ4n) is 2.56. The largest absolute Gasteiger partial charge is 0.399 e. The normalized spacial score (nSPS) is 16.4. The molecule has 1 aromatic carbocycles. The van der Waals surface area contributed by atoms with Crippen LogP contribution in [0.3, 0.4) is 0 Å². The van der Waals surface area contributed by atoms with E-state index in [0.29, 0.717) is 17.3 Å². The number of hydrogen-bond acceptors (Lipinski definition) is 3. The second-order valence-corrected chi connectivity index (χ2v) is 6.52. The molecule has 106 valence electrons. The van der Waals surface area contributed by atoms with Gasteiger partial charge in [0.25, 0.3) is 5.91 Å². The Morgan fingerprint density at radius 3 is 2.95 bits per heavy atom. The maximum absolute atomic E-state index is 12.2. The van der Waals surface area contributed by atoms with E-state index < -0.39 is 0 Å². The average Bonchev–Trinajstić information content (AvgIpc) is 2.89. The Morgan fingerprint density at radius 2 is 2.15 bits per heavy atom. The van der Waals surface area contributed by atoms with Crippen molar-refractivity contribution in [2.24, 2.45) is 5.92 Å². The molecular weight excluding hydrogens is 270 g/mol. The summed E-state index contributed by atoms with van der Waals surface area (Å²) in [5.41, 5.74) is 8.01. The molecule has 2 aromatic rings. The highest BCUT2D eigenvalue weighted by Crippen LogP contribution is 2.22. The highest BCUT2D eigenvalue weighted by molar-refractivity contribution is 7.99. The van der Waals surface area contributed by atoms with Crippen LogP contribution in [0, 0.1) is 5.92 Å². The Labute approximate surface area is 122 Å². The van der Waals surface area contributed by atoms with Gasteiger partial charge in [0.05, 0.1) is 0 Å². The number of nitrogens with one attached hydrogen (secondary N) is 2. The van der Waals surface area contributed by atoms with Gasteiger partial charge >= 0.3 is 0 Å². The summed E-state index contributed by atoms with van der Waals surface area (Å²) in [6.45, 7) is 0.775. The molecule has 1 amide bonds. The number of thioether (sulfide) groups is 1. The van der Waals surface area contributed by atoms with Crippen LogP contribution in [0.25, 0.3) is 10.9 Å². The number of fused-ring (bicyclic) bond motifs is 1. The molecule has 0 aliphatic carbocycles. The van der Waals surface area contributed by atoms with E-state index in [0.717, 1.165) is 17.4 Å². The number of amides is 1. The number of nitrogens with two attached hydrogens (primary N) is 1. The number of aromatic amines is 1. The third-order valence-electron chi connectivity index (χ3n) is 3.78. The zero-order valence-electron chi connectivity index (χ0n) is 11.3. The van der Waals surface area contributed by atoms with Crippen molar-refractivity contribution in [1.82, 2.24) is 10.3 Å². The van der Waals surface area contributed by atoms with Crippen LogP contribution in [0.1, 0.15) is 23.3 Å². The molecule has 0 radical (unpaired) electrons. The fraction of sp³-hybridized carbons (Fsp3) is 0.400. The topological polar surface area (TPSA) is 70.9 Å². The molecule has 0 atom stereocenters. The summed E-state index contributed by atoms with van der Waals surface area (Å²) in [5, 5.41) is 4.01. The van der Waals surface area contributed by atoms with Gasteiger partial charge in [-0.05, 0) is 54.5 Å². The van der Waals surface area contributed by atoms with Crippen LogP contribution >= 0.6 is 11.8 Å². The number of aromatic nitrogens is 1. The van der Waals surface area contributed by atoms with E-state index in [1.807, 2.05) is 36.0 Å². The van der Waals surface area contributed by atoms with Gasteiger partial charge in [0, 0.05) is 23.1 Å². The van der Waals surface area contributed by atoms with Crippen molar-refractivity contribution >= 4 is 34.3 Å². The Kier molecular flexibility index (Phi) is 3.87. The summed E-state index contributed by atoms with van der Waals surface area (Å²) < 4.78 is 0. The summed E-state index contributed by atoms with van der Waals surface area (Å²) in [6.07, 6.45) is 2.41. The van der Waals surface area contributed by atoms with Gasteiger partial charge in [-0.25, -0.2) is 0 Å². The molecule has 1 saturated heterocycles. The number of nitrogen functional groups attached to an aromatic ring is 1. The lowest BCUT2D eigenvalue weighted by atomic mass is 10.0. The molecule has 20 heavy (non-hydrogen) atoms. The quantitative estimate of drug-likeness (QED) is 0.761. The van der Waals surface area contributed by atoms with E-state index in [2.05, 4.69) is 10.3 Å². The van der Waals surface area contributed by atoms with Crippen LogP contribution in [0.2, 0.25) is 0 Å². The molecule has 5 heteroatoms. The zero-order valence-corrected chi connectivity index (χ0v) is 12.1. The van der Waals surface area contributed by atoms with Crippen LogP contribution in [0.15, 0.2) is 24.3 Å². The van der Waals surface area contributed by atoms with E-state index in [1.165, 1.54) is 24.3 Å². The third kappa shape index (κ3) is 2.93. The van der Waals surface area contributed by atoms with E-state index in [9.17, 15) is 4.79 Å². The number of rotatable bonds is 3. The molecular formula is C15H19N3OS. The average molecular weight is 289 g/mol. The van der Waals surface area contributed by atoms with Crippen molar-refractivity contribution in [3.63, 3.8) is 0 Å². The molecule has 1 fully saturated rings. The van der Waals surface area contributed by atoms with Gasteiger partial charge in [0.2, 0.25) is 0 Å². The van der Waals surface area contributed by atoms with E-state index in [-0.39, 0.29) is 5.91 Å². The SMILES string of the molecule is Nc1ccc2[nH]c(C(=O)NCC3CCSCC3)cc2c1. The van der Waals surface area contributed by atoms with E-state index >= 15 is 0 Å². The van der Waals surface area contributed by atoms with Crippen LogP contribution in [-0.4, -0.2) is 28.9 Å². The van der Waals surface area contributed by atoms with Crippen molar-refractivity contribution in [1.29, 1.82) is 0 Å². The Morgan fingerprint density at radius 1 is 1.35 bits per heavy atom. The molecule has 0 unspecified atom stereocenters. The zero-order chi connectivity index (χ0) is 13.9. The first-order chi connectivity index (χ1) is 9.72. The molecule has 2 heterocycles. The van der Waals surface area contributed by atoms with Gasteiger partial charge in [-0.1, -0.05) is 0 Å². The summed E-state index contributed by atoms with van der Waals surface area (Å²) in [6, 6.07) is 7.47. The summed E-state index contributed by atoms with van der Waals surface area (Å²) in [7, 11) is 0. The van der Waals surface area contributed by atoms with Crippen molar-refractivity contribution < 1.29 is 4.79 Å². The lowest BCUT2D eigenvalue weighted by Gasteiger charge is -2.21. The number of carbonyl (C=O) groups excluding carboxylic acids is 1. The van der Waals surface area contributed by atoms with Crippen molar-refractivity contribution in [3.8, 4) is 0 Å². The summed E-state index contributed by atoms with van der Waals surface area (Å²) >= 11 is 2.00. The summed E-state index contributed by atoms with van der Waals surface area (Å²) in [5.74, 6) is 3.02. The highest BCUT2D eigenvalue weighted by atomic mass is 32.2. The maximum atomic E-state index is 12.2. The van der Waals surface area contributed by atoms with Gasteiger partial charge < -0.3 is 16.0 Å². The molecule has 4 N–H and O–H groups in total. The minimum atomic E-state index is -0.0296. The maximum Gasteiger partial charge on any atom is 0.267 e. The molecule has 4 nitrogen and oxygen atoms in total. The van der Waals surface area contributed by atoms with Gasteiger partial charge in [-0.2, -0.15) is 11.8 Å². The fourth-order valence-corrected chi connectivity index (χ4v) is 3.76. The molecule has 3 rings (SSSR count). The standard InChI is InChI=1S/C15H19N3OS/c16-12-1-2-13-11(7-12)8-14(18-13)15(19)17-9-10-3-5-20-6-4-10/h1-2,7-8,10,18H,3-6,9,16H2,(H,17,19). The van der Waals surface area contributed by atoms with Crippen molar-refractivity contribution in [2.75, 3.05) is 23.8 Å². The van der Waals surface area contributed by atoms with E-state index in [1.54, 1.807) is 0 Å². The Bertz CT molecular complexity index is 617. The number of hydrogen-bond donors (Lipinski definition) is 3. The first-order valence-electron chi connectivity index (χ1n) is 6.96. The Balaban J connectivity index is 1.65. The van der Waals surface area contributed by atoms with Gasteiger partial charge in [-0.3, -0.25) is 4.79 Å². The molecule has 1 aliphatic rings. The van der Waals surface area contributed by atoms with Crippen LogP contribution in [0.4, 0.5) is 5.69 Å². The number of anilines is 1. The summed E-state index contributed by atoms with van der Waals surface area (Å²) in [4.78, 5) is 15.3. The van der Waals surface area contributed by atoms with Gasteiger partial charge in [0.15, 0.2) is 0 Å². The highest BCUT2D eigenvalue weighted by Gasteiger charge is 2.16. The van der Waals surface area contributed by atoms with Crippen molar-refractivity contribution in [3.05, 3.63) is 30.0 Å². The van der Waals surface area contributed by atoms with Crippen molar-refractivity contribution in [2.45, 2.75) is 12.8 Å². The third-order valence-corrected chi connectivity index (χ3v) is 4.83. The Hall–Kier alpha value is -1.62. The smallest absolute Gasteiger partial charge is 0.267 e. The predicted molar refractivity (Wildman–Crippen MR) is 85.1 cm³/mol. The molecule has 1 aromatic heterocycles. The number of H-pyrrole nitrogens is 1. The predicted octanol–water partition coefficient (Wildman–Crippen LogP) is 2.62. The van der Waals surface area contributed by atoms with Gasteiger partial charge in [-0.15, -0.1) is 0 Å². The minimum absolute atomic E-state index is 0.0296. The van der Waals surface area contributed by atoms with E-state index in [4.69, 9.17) is 5.73 Å². The first kappa shape index (κ1) is 13.4. The minimum Gasteiger partial charge on any atom is -0.399 e. The number of carbonyl (C=O) groups is 1. The molecule has 0 spiro atoms. The molecule has 0 saturated carbocycles. The van der Waals surface area contributed by atoms with Gasteiger partial charge in [0.1, 0.15) is 5.69 Å². The monoisotopic (exact) mass is 289 g/mol. The van der Waals surface area contributed by atoms with Crippen LogP contribution < -0.4 is 11.1 Å². The number of benzene rings is 1. The van der Waals surface area contributed by atoms with Crippen LogP contribution in [-0.2, 0) is 0 Å². The molecule has 0 bridgehead atoms. The lowest BCUT2D eigenvalue weighted by molar-refractivity contribution is 0.0942.